The molecule has 4 nitrogen and oxygen atoms in total. The van der Waals surface area contributed by atoms with Crippen molar-refractivity contribution in [3.63, 3.8) is 0 Å². The molecule has 0 aliphatic heterocycles. The Morgan fingerprint density at radius 3 is 2.54 bits per heavy atom. The van der Waals surface area contributed by atoms with Gasteiger partial charge in [-0.2, -0.15) is 0 Å². The van der Waals surface area contributed by atoms with E-state index in [9.17, 15) is 4.79 Å². The molecule has 28 heavy (non-hydrogen) atoms. The third kappa shape index (κ3) is 3.22. The van der Waals surface area contributed by atoms with Gasteiger partial charge in [0.1, 0.15) is 0 Å². The van der Waals surface area contributed by atoms with Gasteiger partial charge < -0.3 is 5.32 Å². The van der Waals surface area contributed by atoms with Crippen LogP contribution in [-0.4, -0.2) is 9.38 Å². The largest absolute Gasteiger partial charge is 0.379 e. The number of rotatable bonds is 4. The van der Waals surface area contributed by atoms with Crippen LogP contribution in [0.1, 0.15) is 29.1 Å². The Hall–Kier alpha value is -2.92. The van der Waals surface area contributed by atoms with Crippen molar-refractivity contribution in [3.8, 4) is 11.1 Å². The minimum absolute atomic E-state index is 0.0422. The molecule has 1 N–H and O–H groups in total. The number of nitrogens with zero attached hydrogens (tertiary/aromatic N) is 2. The highest BCUT2D eigenvalue weighted by atomic mass is 32.1. The van der Waals surface area contributed by atoms with Gasteiger partial charge in [0.25, 0.3) is 5.56 Å². The van der Waals surface area contributed by atoms with E-state index in [0.29, 0.717) is 6.54 Å². The summed E-state index contributed by atoms with van der Waals surface area (Å²) in [6.45, 7) is 0.541. The van der Waals surface area contributed by atoms with Crippen molar-refractivity contribution >= 4 is 22.0 Å². The van der Waals surface area contributed by atoms with Gasteiger partial charge in [-0.3, -0.25) is 9.20 Å². The van der Waals surface area contributed by atoms with Crippen LogP contribution in [-0.2, 0) is 19.4 Å². The lowest BCUT2D eigenvalue weighted by molar-refractivity contribution is 0.670. The normalized spacial score (nSPS) is 13.4. The molecule has 0 saturated heterocycles. The Morgan fingerprint density at radius 1 is 0.964 bits per heavy atom. The summed E-state index contributed by atoms with van der Waals surface area (Å²) in [5.41, 5.74) is 5.42. The Kier molecular flexibility index (Phi) is 4.45. The van der Waals surface area contributed by atoms with Crippen molar-refractivity contribution in [2.24, 2.45) is 0 Å². The summed E-state index contributed by atoms with van der Waals surface area (Å²) in [6, 6.07) is 20.3. The first-order chi connectivity index (χ1) is 13.8. The second kappa shape index (κ2) is 7.24. The molecule has 0 saturated carbocycles. The maximum Gasteiger partial charge on any atom is 0.259 e. The second-order valence-electron chi connectivity index (χ2n) is 7.18. The van der Waals surface area contributed by atoms with Gasteiger partial charge in [-0.1, -0.05) is 42.5 Å². The van der Waals surface area contributed by atoms with Crippen molar-refractivity contribution in [2.75, 3.05) is 5.32 Å². The van der Waals surface area contributed by atoms with E-state index in [2.05, 4.69) is 41.7 Å². The zero-order valence-corrected chi connectivity index (χ0v) is 16.3. The molecule has 2 aromatic heterocycles. The molecule has 0 atom stereocenters. The van der Waals surface area contributed by atoms with Crippen molar-refractivity contribution in [1.82, 2.24) is 9.38 Å². The number of hydrogen-bond acceptors (Lipinski definition) is 4. The molecule has 0 amide bonds. The van der Waals surface area contributed by atoms with Gasteiger partial charge in [0, 0.05) is 22.3 Å². The van der Waals surface area contributed by atoms with Crippen LogP contribution in [0.5, 0.6) is 0 Å². The van der Waals surface area contributed by atoms with Crippen LogP contribution in [0.25, 0.3) is 16.1 Å². The van der Waals surface area contributed by atoms with Crippen LogP contribution >= 0.6 is 11.3 Å². The Labute approximate surface area is 167 Å². The SMILES string of the molecule is O=c1cc(CNc2ccc(-c3ccccc3)cc2)nc2sc3c(n12)CCCC3. The van der Waals surface area contributed by atoms with Crippen molar-refractivity contribution in [1.29, 1.82) is 0 Å². The first-order valence-corrected chi connectivity index (χ1v) is 10.5. The lowest BCUT2D eigenvalue weighted by Gasteiger charge is -2.10. The third-order valence-corrected chi connectivity index (χ3v) is 6.42. The van der Waals surface area contributed by atoms with E-state index in [1.165, 1.54) is 28.1 Å². The highest BCUT2D eigenvalue weighted by Crippen LogP contribution is 2.28. The molecule has 1 aliphatic rings. The minimum Gasteiger partial charge on any atom is -0.379 e. The molecule has 0 spiro atoms. The number of aryl methyl sites for hydroxylation is 2. The smallest absolute Gasteiger partial charge is 0.259 e. The van der Waals surface area contributed by atoms with Gasteiger partial charge in [0.05, 0.1) is 12.2 Å². The predicted molar refractivity (Wildman–Crippen MR) is 115 cm³/mol. The zero-order valence-electron chi connectivity index (χ0n) is 15.5. The molecule has 0 fully saturated rings. The van der Waals surface area contributed by atoms with E-state index in [0.717, 1.165) is 35.6 Å². The van der Waals surface area contributed by atoms with Gasteiger partial charge in [-0.05, 0) is 48.9 Å². The van der Waals surface area contributed by atoms with Crippen LogP contribution in [0, 0.1) is 0 Å². The van der Waals surface area contributed by atoms with E-state index >= 15 is 0 Å². The molecule has 5 rings (SSSR count). The lowest BCUT2D eigenvalue weighted by Crippen LogP contribution is -2.18. The fourth-order valence-electron chi connectivity index (χ4n) is 3.84. The minimum atomic E-state index is 0.0422. The number of thiazole rings is 1. The summed E-state index contributed by atoms with van der Waals surface area (Å²) in [7, 11) is 0. The Bertz CT molecular complexity index is 1180. The van der Waals surface area contributed by atoms with Crippen LogP contribution in [0.4, 0.5) is 5.69 Å². The number of nitrogens with one attached hydrogen (secondary N) is 1. The Morgan fingerprint density at radius 2 is 1.71 bits per heavy atom. The summed E-state index contributed by atoms with van der Waals surface area (Å²) >= 11 is 1.67. The summed E-state index contributed by atoms with van der Waals surface area (Å²) in [4.78, 5) is 19.5. The summed E-state index contributed by atoms with van der Waals surface area (Å²) in [5.74, 6) is 0. The quantitative estimate of drug-likeness (QED) is 0.541. The van der Waals surface area contributed by atoms with Gasteiger partial charge in [0.2, 0.25) is 0 Å². The molecule has 5 heteroatoms. The summed E-state index contributed by atoms with van der Waals surface area (Å²) in [5, 5.41) is 3.39. The summed E-state index contributed by atoms with van der Waals surface area (Å²) in [6.07, 6.45) is 4.43. The Balaban J connectivity index is 1.35. The third-order valence-electron chi connectivity index (χ3n) is 5.28. The maximum atomic E-state index is 12.6. The van der Waals surface area contributed by atoms with Gasteiger partial charge in [-0.15, -0.1) is 11.3 Å². The van der Waals surface area contributed by atoms with Crippen LogP contribution in [0.3, 0.4) is 0 Å². The number of aromatic nitrogens is 2. The van der Waals surface area contributed by atoms with Crippen molar-refractivity contribution in [3.05, 3.63) is 87.3 Å². The molecule has 1 aliphatic carbocycles. The molecular formula is C23H21N3OS. The first kappa shape index (κ1) is 17.2. The fourth-order valence-corrected chi connectivity index (χ4v) is 5.07. The maximum absolute atomic E-state index is 12.6. The van der Waals surface area contributed by atoms with E-state index in [-0.39, 0.29) is 5.56 Å². The standard InChI is InChI=1S/C23H21N3OS/c27-22-14-19(25-23-26(22)20-8-4-5-9-21(20)28-23)15-24-18-12-10-17(11-13-18)16-6-2-1-3-7-16/h1-3,6-7,10-14,24H,4-5,8-9,15H2. The van der Waals surface area contributed by atoms with Crippen molar-refractivity contribution < 1.29 is 0 Å². The van der Waals surface area contributed by atoms with Gasteiger partial charge in [0.15, 0.2) is 4.96 Å². The van der Waals surface area contributed by atoms with Crippen molar-refractivity contribution in [2.45, 2.75) is 32.2 Å². The van der Waals surface area contributed by atoms with Crippen LogP contribution < -0.4 is 10.9 Å². The molecule has 0 radical (unpaired) electrons. The fraction of sp³-hybridized carbons (Fsp3) is 0.217. The van der Waals surface area contributed by atoms with Crippen LogP contribution in [0.15, 0.2) is 65.5 Å². The monoisotopic (exact) mass is 387 g/mol. The summed E-state index contributed by atoms with van der Waals surface area (Å²) < 4.78 is 1.82. The molecule has 2 aromatic carbocycles. The van der Waals surface area contributed by atoms with Crippen LogP contribution in [0.2, 0.25) is 0 Å². The molecule has 2 heterocycles. The van der Waals surface area contributed by atoms with Gasteiger partial charge >= 0.3 is 0 Å². The van der Waals surface area contributed by atoms with Gasteiger partial charge in [-0.25, -0.2) is 4.98 Å². The molecule has 4 aromatic rings. The molecular weight excluding hydrogens is 366 g/mol. The molecule has 0 bridgehead atoms. The molecule has 140 valence electrons. The lowest BCUT2D eigenvalue weighted by atomic mass is 10.0. The van der Waals surface area contributed by atoms with E-state index in [1.807, 2.05) is 22.6 Å². The topological polar surface area (TPSA) is 46.4 Å². The highest BCUT2D eigenvalue weighted by Gasteiger charge is 2.18. The average Bonchev–Trinajstić information content (AvgIpc) is 3.12. The predicted octanol–water partition coefficient (Wildman–Crippen LogP) is 4.91. The first-order valence-electron chi connectivity index (χ1n) is 9.70. The number of benzene rings is 2. The zero-order chi connectivity index (χ0) is 18.9. The molecule has 0 unspecified atom stereocenters. The number of fused-ring (bicyclic) bond motifs is 3. The van der Waals surface area contributed by atoms with E-state index in [1.54, 1.807) is 17.4 Å². The van der Waals surface area contributed by atoms with E-state index < -0.39 is 0 Å². The number of hydrogen-bond donors (Lipinski definition) is 1. The number of anilines is 1. The van der Waals surface area contributed by atoms with E-state index in [4.69, 9.17) is 4.98 Å². The highest BCUT2D eigenvalue weighted by molar-refractivity contribution is 7.17. The average molecular weight is 388 g/mol. The second-order valence-corrected chi connectivity index (χ2v) is 8.24.